The van der Waals surface area contributed by atoms with E-state index in [-0.39, 0.29) is 0 Å². The zero-order valence-corrected chi connectivity index (χ0v) is 13.9. The molecule has 1 aliphatic rings. The quantitative estimate of drug-likeness (QED) is 0.814. The van der Waals surface area contributed by atoms with Gasteiger partial charge in [-0.15, -0.1) is 0 Å². The molecular weight excluding hydrogens is 284 g/mol. The van der Waals surface area contributed by atoms with Crippen LogP contribution in [0.5, 0.6) is 0 Å². The Hall–Kier alpha value is -2.20. The lowest BCUT2D eigenvalue weighted by Gasteiger charge is -2.34. The van der Waals surface area contributed by atoms with Gasteiger partial charge in [0.2, 0.25) is 0 Å². The van der Waals surface area contributed by atoms with Crippen LogP contribution in [0.25, 0.3) is 11.1 Å². The van der Waals surface area contributed by atoms with Crippen LogP contribution in [0.3, 0.4) is 0 Å². The Morgan fingerprint density at radius 2 is 1.78 bits per heavy atom. The molecular formula is C19H24N4. The van der Waals surface area contributed by atoms with Crippen LogP contribution in [0, 0.1) is 0 Å². The topological polar surface area (TPSA) is 31.7 Å². The van der Waals surface area contributed by atoms with Gasteiger partial charge in [-0.05, 0) is 36.4 Å². The average molecular weight is 308 g/mol. The Morgan fingerprint density at radius 3 is 2.48 bits per heavy atom. The molecule has 0 radical (unpaired) electrons. The van der Waals surface area contributed by atoms with Gasteiger partial charge in [-0.2, -0.15) is 0 Å². The van der Waals surface area contributed by atoms with Gasteiger partial charge in [-0.25, -0.2) is 0 Å². The maximum atomic E-state index is 4.36. The largest absolute Gasteiger partial charge is 0.369 e. The molecule has 120 valence electrons. The molecule has 0 amide bonds. The van der Waals surface area contributed by atoms with E-state index in [1.165, 1.54) is 16.8 Å². The minimum atomic E-state index is 0.830. The predicted octanol–water partition coefficient (Wildman–Crippen LogP) is 2.74. The van der Waals surface area contributed by atoms with Gasteiger partial charge in [0.05, 0.1) is 0 Å². The molecule has 1 saturated heterocycles. The molecule has 0 bridgehead atoms. The number of benzene rings is 1. The molecule has 23 heavy (non-hydrogen) atoms. The second kappa shape index (κ2) is 7.38. The number of aromatic nitrogens is 1. The van der Waals surface area contributed by atoms with Gasteiger partial charge < -0.3 is 14.8 Å². The lowest BCUT2D eigenvalue weighted by Crippen LogP contribution is -2.44. The first kappa shape index (κ1) is 15.7. The van der Waals surface area contributed by atoms with Crippen molar-refractivity contribution < 1.29 is 0 Å². The van der Waals surface area contributed by atoms with E-state index in [4.69, 9.17) is 0 Å². The molecule has 1 aromatic heterocycles. The number of pyridine rings is 1. The monoisotopic (exact) mass is 308 g/mol. The summed E-state index contributed by atoms with van der Waals surface area (Å²) >= 11 is 0. The Balaban J connectivity index is 1.74. The van der Waals surface area contributed by atoms with Crippen molar-refractivity contribution in [1.82, 2.24) is 9.88 Å². The summed E-state index contributed by atoms with van der Waals surface area (Å²) in [4.78, 5) is 13.2. The molecule has 0 N–H and O–H groups in total. The first-order valence-electron chi connectivity index (χ1n) is 8.15. The summed E-state index contributed by atoms with van der Waals surface area (Å²) in [5.41, 5.74) is 4.88. The summed E-state index contributed by atoms with van der Waals surface area (Å²) in [7, 11) is 3.98. The third-order valence-corrected chi connectivity index (χ3v) is 4.37. The van der Waals surface area contributed by atoms with E-state index >= 15 is 0 Å². The van der Waals surface area contributed by atoms with Gasteiger partial charge in [-0.3, -0.25) is 4.98 Å². The smallest absolute Gasteiger partial charge is 0.0367 e. The number of nitrogens with zero attached hydrogens (tertiary/aromatic N) is 4. The molecule has 2 aromatic rings. The van der Waals surface area contributed by atoms with Gasteiger partial charge in [0, 0.05) is 69.5 Å². The first-order valence-corrected chi connectivity index (χ1v) is 8.15. The number of hydrogen-bond acceptors (Lipinski definition) is 4. The fourth-order valence-corrected chi connectivity index (χ4v) is 2.88. The Bertz CT molecular complexity index is 655. The Labute approximate surface area is 138 Å². The van der Waals surface area contributed by atoms with Gasteiger partial charge in [0.15, 0.2) is 0 Å². The molecule has 0 spiro atoms. The number of piperazine rings is 1. The molecule has 1 aliphatic heterocycles. The van der Waals surface area contributed by atoms with Gasteiger partial charge >= 0.3 is 0 Å². The highest BCUT2D eigenvalue weighted by molar-refractivity contribution is 5.68. The van der Waals surface area contributed by atoms with Crippen LogP contribution in [-0.2, 0) is 6.42 Å². The van der Waals surface area contributed by atoms with E-state index in [2.05, 4.69) is 57.2 Å². The van der Waals surface area contributed by atoms with E-state index < -0.39 is 0 Å². The lowest BCUT2D eigenvalue weighted by molar-refractivity contribution is 0.313. The van der Waals surface area contributed by atoms with Crippen LogP contribution < -0.4 is 4.90 Å². The molecule has 2 heterocycles. The number of hydrogen-bond donors (Lipinski definition) is 0. The maximum absolute atomic E-state index is 4.36. The summed E-state index contributed by atoms with van der Waals surface area (Å²) in [6.07, 6.45) is 6.58. The van der Waals surface area contributed by atoms with E-state index in [0.717, 1.165) is 38.2 Å². The highest BCUT2D eigenvalue weighted by Crippen LogP contribution is 2.24. The summed E-state index contributed by atoms with van der Waals surface area (Å²) in [6.45, 7) is 4.46. The Kier molecular flexibility index (Phi) is 5.03. The van der Waals surface area contributed by atoms with E-state index in [0.29, 0.717) is 0 Å². The second-order valence-electron chi connectivity index (χ2n) is 6.06. The number of anilines is 1. The fourth-order valence-electron chi connectivity index (χ4n) is 2.88. The predicted molar refractivity (Wildman–Crippen MR) is 97.5 cm³/mol. The van der Waals surface area contributed by atoms with Crippen molar-refractivity contribution in [2.45, 2.75) is 6.42 Å². The van der Waals surface area contributed by atoms with Crippen LogP contribution in [0.1, 0.15) is 5.56 Å². The van der Waals surface area contributed by atoms with Crippen LogP contribution in [0.15, 0.2) is 47.7 Å². The summed E-state index contributed by atoms with van der Waals surface area (Å²) in [5, 5.41) is 0. The minimum Gasteiger partial charge on any atom is -0.369 e. The van der Waals surface area contributed by atoms with Crippen molar-refractivity contribution in [3.8, 4) is 11.1 Å². The molecule has 1 aromatic carbocycles. The number of likely N-dealkylation sites (N-methyl/N-ethyl adjacent to an activating group) is 1. The van der Waals surface area contributed by atoms with Crippen molar-refractivity contribution in [2.24, 2.45) is 4.99 Å². The van der Waals surface area contributed by atoms with Crippen molar-refractivity contribution in [1.29, 1.82) is 0 Å². The SMILES string of the molecule is C/N=C\Cc1cncc(-c2ccc(N3CCN(C)CC3)cc2)c1. The fraction of sp³-hybridized carbons (Fsp3) is 0.368. The zero-order valence-electron chi connectivity index (χ0n) is 13.9. The number of rotatable bonds is 4. The van der Waals surface area contributed by atoms with Crippen LogP contribution in [0.2, 0.25) is 0 Å². The highest BCUT2D eigenvalue weighted by Gasteiger charge is 2.14. The van der Waals surface area contributed by atoms with Crippen molar-refractivity contribution in [2.75, 3.05) is 45.2 Å². The van der Waals surface area contributed by atoms with E-state index in [1.54, 1.807) is 7.05 Å². The molecule has 0 unspecified atom stereocenters. The van der Waals surface area contributed by atoms with E-state index in [1.807, 2.05) is 18.6 Å². The molecule has 1 fully saturated rings. The number of aliphatic imine (C=N–C) groups is 1. The normalized spacial score (nSPS) is 16.2. The van der Waals surface area contributed by atoms with E-state index in [9.17, 15) is 0 Å². The molecule has 0 saturated carbocycles. The molecule has 3 rings (SSSR count). The first-order chi connectivity index (χ1) is 11.3. The van der Waals surface area contributed by atoms with Crippen LogP contribution >= 0.6 is 0 Å². The van der Waals surface area contributed by atoms with Crippen LogP contribution in [-0.4, -0.2) is 56.4 Å². The maximum Gasteiger partial charge on any atom is 0.0367 e. The zero-order chi connectivity index (χ0) is 16.1. The molecule has 4 heteroatoms. The third-order valence-electron chi connectivity index (χ3n) is 4.37. The third kappa shape index (κ3) is 3.96. The Morgan fingerprint density at radius 1 is 1.04 bits per heavy atom. The second-order valence-corrected chi connectivity index (χ2v) is 6.06. The average Bonchev–Trinajstić information content (AvgIpc) is 2.61. The van der Waals surface area contributed by atoms with Gasteiger partial charge in [0.1, 0.15) is 0 Å². The molecule has 0 atom stereocenters. The van der Waals surface area contributed by atoms with Crippen molar-refractivity contribution in [3.63, 3.8) is 0 Å². The summed E-state index contributed by atoms with van der Waals surface area (Å²) < 4.78 is 0. The van der Waals surface area contributed by atoms with Gasteiger partial charge in [-0.1, -0.05) is 12.1 Å². The molecule has 0 aliphatic carbocycles. The molecule has 4 nitrogen and oxygen atoms in total. The summed E-state index contributed by atoms with van der Waals surface area (Å²) in [6, 6.07) is 11.0. The standard InChI is InChI=1S/C19H24N4/c1-20-8-7-16-13-18(15-21-14-16)17-3-5-19(6-4-17)23-11-9-22(2)10-12-23/h3-6,8,13-15H,7,9-12H2,1-2H3/b20-8-. The minimum absolute atomic E-state index is 0.830. The van der Waals surface area contributed by atoms with Crippen LogP contribution in [0.4, 0.5) is 5.69 Å². The lowest BCUT2D eigenvalue weighted by atomic mass is 10.0. The summed E-state index contributed by atoms with van der Waals surface area (Å²) in [5.74, 6) is 0. The van der Waals surface area contributed by atoms with Crippen molar-refractivity contribution >= 4 is 11.9 Å². The van der Waals surface area contributed by atoms with Gasteiger partial charge in [0.25, 0.3) is 0 Å². The van der Waals surface area contributed by atoms with Crippen molar-refractivity contribution in [3.05, 3.63) is 48.3 Å². The highest BCUT2D eigenvalue weighted by atomic mass is 15.2.